The number of hydrogen-bond donors (Lipinski definition) is 1. The zero-order valence-corrected chi connectivity index (χ0v) is 18.1. The van der Waals surface area contributed by atoms with Crippen LogP contribution in [-0.2, 0) is 11.3 Å². The van der Waals surface area contributed by atoms with E-state index in [0.717, 1.165) is 18.7 Å². The number of anilines is 1. The first-order valence-electron chi connectivity index (χ1n) is 10.6. The van der Waals surface area contributed by atoms with E-state index < -0.39 is 4.92 Å². The summed E-state index contributed by atoms with van der Waals surface area (Å²) in [5, 5.41) is 18.1. The maximum absolute atomic E-state index is 12.7. The molecule has 2 aromatic carbocycles. The lowest BCUT2D eigenvalue weighted by Crippen LogP contribution is -2.37. The van der Waals surface area contributed by atoms with Gasteiger partial charge in [-0.15, -0.1) is 0 Å². The van der Waals surface area contributed by atoms with E-state index in [1.54, 1.807) is 19.1 Å². The molecule has 1 fully saturated rings. The van der Waals surface area contributed by atoms with E-state index in [-0.39, 0.29) is 17.5 Å². The number of nitrogens with zero attached hydrogens (tertiary/aromatic N) is 4. The van der Waals surface area contributed by atoms with E-state index in [2.05, 4.69) is 20.4 Å². The van der Waals surface area contributed by atoms with Crippen molar-refractivity contribution in [3.05, 3.63) is 69.6 Å². The van der Waals surface area contributed by atoms with Crippen LogP contribution in [0.4, 0.5) is 11.4 Å². The fourth-order valence-corrected chi connectivity index (χ4v) is 3.87. The van der Waals surface area contributed by atoms with Crippen molar-refractivity contribution in [1.29, 1.82) is 0 Å². The smallest absolute Gasteiger partial charge is 0.274 e. The van der Waals surface area contributed by atoms with Crippen molar-refractivity contribution in [2.75, 3.05) is 18.4 Å². The second-order valence-electron chi connectivity index (χ2n) is 8.12. The van der Waals surface area contributed by atoms with Crippen LogP contribution in [0.25, 0.3) is 11.4 Å². The average molecular weight is 435 g/mol. The van der Waals surface area contributed by atoms with Crippen LogP contribution in [0.15, 0.2) is 47.0 Å². The van der Waals surface area contributed by atoms with Crippen LogP contribution in [0, 0.1) is 29.9 Å². The highest BCUT2D eigenvalue weighted by Crippen LogP contribution is 2.27. The van der Waals surface area contributed by atoms with Crippen LogP contribution >= 0.6 is 0 Å². The standard InChI is InChI=1S/C23H25N5O4/c1-15-6-8-17(9-7-15)22-25-21(32-26-22)14-27-12-10-18(11-13-27)23(29)24-19-4-3-5-20(16(19)2)28(30)31/h3-9,18H,10-14H2,1-2H3,(H,24,29). The number of aryl methyl sites for hydroxylation is 1. The molecule has 9 heteroatoms. The third-order valence-corrected chi connectivity index (χ3v) is 5.85. The molecule has 0 atom stereocenters. The van der Waals surface area contributed by atoms with Gasteiger partial charge in [0.05, 0.1) is 22.7 Å². The van der Waals surface area contributed by atoms with Gasteiger partial charge in [-0.25, -0.2) is 0 Å². The highest BCUT2D eigenvalue weighted by molar-refractivity contribution is 5.93. The van der Waals surface area contributed by atoms with E-state index in [1.165, 1.54) is 11.6 Å². The van der Waals surface area contributed by atoms with Crippen LogP contribution in [0.5, 0.6) is 0 Å². The Bertz CT molecular complexity index is 1120. The average Bonchev–Trinajstić information content (AvgIpc) is 3.24. The number of carbonyl (C=O) groups excluding carboxylic acids is 1. The molecule has 1 saturated heterocycles. The number of likely N-dealkylation sites (tertiary alicyclic amines) is 1. The van der Waals surface area contributed by atoms with Gasteiger partial charge in [0, 0.05) is 17.5 Å². The van der Waals surface area contributed by atoms with Gasteiger partial charge in [0.15, 0.2) is 0 Å². The number of hydrogen-bond acceptors (Lipinski definition) is 7. The summed E-state index contributed by atoms with van der Waals surface area (Å²) >= 11 is 0. The lowest BCUT2D eigenvalue weighted by atomic mass is 9.95. The molecule has 0 spiro atoms. The normalized spacial score (nSPS) is 14.9. The van der Waals surface area contributed by atoms with Crippen molar-refractivity contribution < 1.29 is 14.2 Å². The predicted molar refractivity (Wildman–Crippen MR) is 119 cm³/mol. The number of rotatable bonds is 6. The van der Waals surface area contributed by atoms with E-state index >= 15 is 0 Å². The van der Waals surface area contributed by atoms with Gasteiger partial charge in [-0.1, -0.05) is 41.1 Å². The Morgan fingerprint density at radius 3 is 2.59 bits per heavy atom. The van der Waals surface area contributed by atoms with Gasteiger partial charge in [-0.2, -0.15) is 4.98 Å². The van der Waals surface area contributed by atoms with Crippen molar-refractivity contribution in [2.24, 2.45) is 5.92 Å². The molecule has 0 unspecified atom stereocenters. The predicted octanol–water partition coefficient (Wildman–Crippen LogP) is 4.11. The van der Waals surface area contributed by atoms with Crippen molar-refractivity contribution in [2.45, 2.75) is 33.2 Å². The monoisotopic (exact) mass is 435 g/mol. The summed E-state index contributed by atoms with van der Waals surface area (Å²) in [7, 11) is 0. The molecule has 32 heavy (non-hydrogen) atoms. The van der Waals surface area contributed by atoms with Crippen molar-refractivity contribution in [3.8, 4) is 11.4 Å². The summed E-state index contributed by atoms with van der Waals surface area (Å²) < 4.78 is 5.41. The number of benzene rings is 2. The summed E-state index contributed by atoms with van der Waals surface area (Å²) in [5.41, 5.74) is 3.04. The Kier molecular flexibility index (Phi) is 6.27. The first-order chi connectivity index (χ1) is 15.4. The van der Waals surface area contributed by atoms with E-state index in [1.807, 2.05) is 31.2 Å². The number of nitro groups is 1. The molecular weight excluding hydrogens is 410 g/mol. The molecule has 1 aliphatic heterocycles. The molecule has 3 aromatic rings. The van der Waals surface area contributed by atoms with Crippen LogP contribution in [0.2, 0.25) is 0 Å². The topological polar surface area (TPSA) is 114 Å². The second kappa shape index (κ2) is 9.27. The van der Waals surface area contributed by atoms with E-state index in [0.29, 0.717) is 42.4 Å². The lowest BCUT2D eigenvalue weighted by molar-refractivity contribution is -0.385. The lowest BCUT2D eigenvalue weighted by Gasteiger charge is -2.30. The molecule has 1 N–H and O–H groups in total. The van der Waals surface area contributed by atoms with Gasteiger partial charge in [-0.05, 0) is 45.8 Å². The summed E-state index contributed by atoms with van der Waals surface area (Å²) in [6.45, 7) is 5.67. The zero-order chi connectivity index (χ0) is 22.7. The highest BCUT2D eigenvalue weighted by atomic mass is 16.6. The molecule has 2 heterocycles. The molecule has 1 aliphatic rings. The molecule has 1 aromatic heterocycles. The molecule has 0 saturated carbocycles. The van der Waals surface area contributed by atoms with Gasteiger partial charge >= 0.3 is 0 Å². The molecule has 0 bridgehead atoms. The zero-order valence-electron chi connectivity index (χ0n) is 18.1. The van der Waals surface area contributed by atoms with Crippen molar-refractivity contribution in [1.82, 2.24) is 15.0 Å². The Hall–Kier alpha value is -3.59. The quantitative estimate of drug-likeness (QED) is 0.458. The summed E-state index contributed by atoms with van der Waals surface area (Å²) in [4.78, 5) is 30.1. The number of carbonyl (C=O) groups is 1. The van der Waals surface area contributed by atoms with E-state index in [4.69, 9.17) is 4.52 Å². The molecule has 9 nitrogen and oxygen atoms in total. The maximum atomic E-state index is 12.7. The Labute approximate surface area is 185 Å². The molecule has 1 amide bonds. The second-order valence-corrected chi connectivity index (χ2v) is 8.12. The van der Waals surface area contributed by atoms with E-state index in [9.17, 15) is 14.9 Å². The maximum Gasteiger partial charge on any atom is 0.274 e. The van der Waals surface area contributed by atoms with Gasteiger partial charge in [0.2, 0.25) is 17.6 Å². The third kappa shape index (κ3) is 4.83. The minimum atomic E-state index is -0.439. The number of amides is 1. The fourth-order valence-electron chi connectivity index (χ4n) is 3.87. The molecule has 0 radical (unpaired) electrons. The van der Waals surface area contributed by atoms with Crippen LogP contribution in [-0.4, -0.2) is 39.0 Å². The number of nitro benzene ring substituents is 1. The third-order valence-electron chi connectivity index (χ3n) is 5.85. The minimum absolute atomic E-state index is 0.00202. The van der Waals surface area contributed by atoms with Gasteiger partial charge < -0.3 is 9.84 Å². The van der Waals surface area contributed by atoms with Gasteiger partial charge in [-0.3, -0.25) is 19.8 Å². The summed E-state index contributed by atoms with van der Waals surface area (Å²) in [6, 6.07) is 12.7. The molecule has 166 valence electrons. The summed E-state index contributed by atoms with van der Waals surface area (Å²) in [5.74, 6) is 0.876. The van der Waals surface area contributed by atoms with Gasteiger partial charge in [0.1, 0.15) is 0 Å². The van der Waals surface area contributed by atoms with Crippen molar-refractivity contribution >= 4 is 17.3 Å². The highest BCUT2D eigenvalue weighted by Gasteiger charge is 2.27. The Morgan fingerprint density at radius 1 is 1.19 bits per heavy atom. The molecular formula is C23H25N5O4. The van der Waals surface area contributed by atoms with Crippen LogP contribution < -0.4 is 5.32 Å². The van der Waals surface area contributed by atoms with Crippen LogP contribution in [0.1, 0.15) is 29.9 Å². The summed E-state index contributed by atoms with van der Waals surface area (Å²) in [6.07, 6.45) is 1.39. The largest absolute Gasteiger partial charge is 0.338 e. The van der Waals surface area contributed by atoms with Crippen molar-refractivity contribution in [3.63, 3.8) is 0 Å². The fraction of sp³-hybridized carbons (Fsp3) is 0.348. The number of aromatic nitrogens is 2. The first kappa shape index (κ1) is 21.6. The number of piperidine rings is 1. The van der Waals surface area contributed by atoms with Gasteiger partial charge in [0.25, 0.3) is 5.69 Å². The first-order valence-corrected chi connectivity index (χ1v) is 10.6. The SMILES string of the molecule is Cc1ccc(-c2noc(CN3CCC(C(=O)Nc4cccc([N+](=O)[O-])c4C)CC3)n2)cc1. The minimum Gasteiger partial charge on any atom is -0.338 e. The molecule has 4 rings (SSSR count). The van der Waals surface area contributed by atoms with Crippen LogP contribution in [0.3, 0.4) is 0 Å². The molecule has 0 aliphatic carbocycles. The number of nitrogens with one attached hydrogen (secondary N) is 1. The Balaban J connectivity index is 1.31. The Morgan fingerprint density at radius 2 is 1.91 bits per heavy atom.